The van der Waals surface area contributed by atoms with E-state index < -0.39 is 6.43 Å². The summed E-state index contributed by atoms with van der Waals surface area (Å²) in [6.07, 6.45) is 1.04. The zero-order chi connectivity index (χ0) is 9.68. The molecule has 0 saturated carbocycles. The summed E-state index contributed by atoms with van der Waals surface area (Å²) in [4.78, 5) is 0. The number of hydrogen-bond acceptors (Lipinski definition) is 1. The zero-order valence-electron chi connectivity index (χ0n) is 7.08. The topological polar surface area (TPSA) is 26.0 Å². The molecule has 0 aromatic heterocycles. The molecule has 0 heterocycles. The van der Waals surface area contributed by atoms with Crippen molar-refractivity contribution in [2.24, 2.45) is 5.73 Å². The number of rotatable bonds is 3. The predicted molar refractivity (Wildman–Crippen MR) is 49.5 cm³/mol. The molecule has 1 nitrogen and oxygen atoms in total. The number of benzene rings is 1. The van der Waals surface area contributed by atoms with Crippen molar-refractivity contribution in [2.45, 2.75) is 6.43 Å². The Hall–Kier alpha value is -1.22. The van der Waals surface area contributed by atoms with Gasteiger partial charge in [-0.25, -0.2) is 8.78 Å². The highest BCUT2D eigenvalue weighted by molar-refractivity contribution is 5.50. The fraction of sp³-hybridized carbons (Fsp3) is 0.200. The molecule has 0 fully saturated rings. The Bertz CT molecular complexity index is 295. The second-order valence-corrected chi connectivity index (χ2v) is 2.61. The second-order valence-electron chi connectivity index (χ2n) is 2.61. The summed E-state index contributed by atoms with van der Waals surface area (Å²) >= 11 is 0. The van der Waals surface area contributed by atoms with Gasteiger partial charge in [-0.1, -0.05) is 30.4 Å². The lowest BCUT2D eigenvalue weighted by molar-refractivity contribution is 0.151. The minimum absolute atomic E-state index is 0.0409. The molecular weight excluding hydrogens is 172 g/mol. The van der Waals surface area contributed by atoms with Gasteiger partial charge in [0.25, 0.3) is 6.43 Å². The maximum absolute atomic E-state index is 12.2. The van der Waals surface area contributed by atoms with E-state index in [4.69, 9.17) is 5.73 Å². The highest BCUT2D eigenvalue weighted by atomic mass is 19.3. The standard InChI is InChI=1S/C10H11F2N/c11-10(12)9-5-1-3-8(7-9)4-2-6-13/h1-5,7,10H,6,13H2/b4-2+. The van der Waals surface area contributed by atoms with Crippen LogP contribution in [0.2, 0.25) is 0 Å². The summed E-state index contributed by atoms with van der Waals surface area (Å²) in [7, 11) is 0. The Morgan fingerprint density at radius 1 is 1.38 bits per heavy atom. The van der Waals surface area contributed by atoms with Crippen molar-refractivity contribution < 1.29 is 8.78 Å². The summed E-state index contributed by atoms with van der Waals surface area (Å²) in [5, 5.41) is 0. The minimum atomic E-state index is -2.41. The largest absolute Gasteiger partial charge is 0.327 e. The zero-order valence-corrected chi connectivity index (χ0v) is 7.08. The normalized spacial score (nSPS) is 11.4. The Morgan fingerprint density at radius 3 is 2.77 bits per heavy atom. The highest BCUT2D eigenvalue weighted by Crippen LogP contribution is 2.19. The molecule has 0 saturated heterocycles. The van der Waals surface area contributed by atoms with Crippen LogP contribution in [-0.4, -0.2) is 6.54 Å². The number of hydrogen-bond donors (Lipinski definition) is 1. The van der Waals surface area contributed by atoms with E-state index in [0.717, 1.165) is 5.56 Å². The lowest BCUT2D eigenvalue weighted by Crippen LogP contribution is -1.92. The van der Waals surface area contributed by atoms with E-state index in [0.29, 0.717) is 6.54 Å². The van der Waals surface area contributed by atoms with Gasteiger partial charge in [0.1, 0.15) is 0 Å². The van der Waals surface area contributed by atoms with Crippen LogP contribution in [0.4, 0.5) is 8.78 Å². The monoisotopic (exact) mass is 183 g/mol. The second kappa shape index (κ2) is 4.72. The van der Waals surface area contributed by atoms with E-state index in [-0.39, 0.29) is 5.56 Å². The Morgan fingerprint density at radius 2 is 2.15 bits per heavy atom. The molecule has 0 aliphatic rings. The van der Waals surface area contributed by atoms with E-state index in [1.165, 1.54) is 12.1 Å². The van der Waals surface area contributed by atoms with E-state index in [1.807, 2.05) is 0 Å². The maximum atomic E-state index is 12.2. The van der Waals surface area contributed by atoms with E-state index in [9.17, 15) is 8.78 Å². The average molecular weight is 183 g/mol. The SMILES string of the molecule is NC/C=C/c1cccc(C(F)F)c1. The minimum Gasteiger partial charge on any atom is -0.327 e. The van der Waals surface area contributed by atoms with E-state index >= 15 is 0 Å². The molecule has 2 N–H and O–H groups in total. The van der Waals surface area contributed by atoms with Crippen LogP contribution in [0.25, 0.3) is 6.08 Å². The van der Waals surface area contributed by atoms with Crippen molar-refractivity contribution in [3.05, 3.63) is 41.5 Å². The molecule has 13 heavy (non-hydrogen) atoms. The third kappa shape index (κ3) is 2.95. The van der Waals surface area contributed by atoms with Crippen LogP contribution in [0.5, 0.6) is 0 Å². The van der Waals surface area contributed by atoms with Crippen molar-refractivity contribution in [3.63, 3.8) is 0 Å². The first-order chi connectivity index (χ1) is 6.24. The Kier molecular flexibility index (Phi) is 3.58. The molecule has 0 unspecified atom stereocenters. The molecule has 0 radical (unpaired) electrons. The first kappa shape index (κ1) is 9.86. The first-order valence-corrected chi connectivity index (χ1v) is 3.98. The van der Waals surface area contributed by atoms with Crippen LogP contribution in [0, 0.1) is 0 Å². The summed E-state index contributed by atoms with van der Waals surface area (Å²) in [6.45, 7) is 0.416. The van der Waals surface area contributed by atoms with Crippen LogP contribution in [0.3, 0.4) is 0 Å². The molecule has 1 rings (SSSR count). The van der Waals surface area contributed by atoms with Gasteiger partial charge in [-0.05, 0) is 11.6 Å². The number of alkyl halides is 2. The third-order valence-electron chi connectivity index (χ3n) is 1.61. The van der Waals surface area contributed by atoms with Gasteiger partial charge in [-0.2, -0.15) is 0 Å². The average Bonchev–Trinajstić information content (AvgIpc) is 2.15. The summed E-state index contributed by atoms with van der Waals surface area (Å²) in [5.41, 5.74) is 6.03. The highest BCUT2D eigenvalue weighted by Gasteiger charge is 2.05. The van der Waals surface area contributed by atoms with Gasteiger partial charge in [0.2, 0.25) is 0 Å². The molecule has 0 atom stereocenters. The number of halogens is 2. The van der Waals surface area contributed by atoms with Crippen molar-refractivity contribution in [3.8, 4) is 0 Å². The van der Waals surface area contributed by atoms with Gasteiger partial charge in [-0.3, -0.25) is 0 Å². The first-order valence-electron chi connectivity index (χ1n) is 3.98. The molecule has 1 aromatic carbocycles. The van der Waals surface area contributed by atoms with Crippen LogP contribution in [0.1, 0.15) is 17.6 Å². The van der Waals surface area contributed by atoms with Crippen LogP contribution in [-0.2, 0) is 0 Å². The van der Waals surface area contributed by atoms with Crippen LogP contribution < -0.4 is 5.73 Å². The van der Waals surface area contributed by atoms with Gasteiger partial charge in [0.15, 0.2) is 0 Å². The smallest absolute Gasteiger partial charge is 0.263 e. The van der Waals surface area contributed by atoms with Gasteiger partial charge in [0.05, 0.1) is 0 Å². The molecule has 3 heteroatoms. The molecule has 1 aromatic rings. The quantitative estimate of drug-likeness (QED) is 0.765. The van der Waals surface area contributed by atoms with Gasteiger partial charge in [0, 0.05) is 12.1 Å². The van der Waals surface area contributed by atoms with Gasteiger partial charge >= 0.3 is 0 Å². The van der Waals surface area contributed by atoms with Gasteiger partial charge < -0.3 is 5.73 Å². The van der Waals surface area contributed by atoms with Crippen molar-refractivity contribution in [1.29, 1.82) is 0 Å². The lowest BCUT2D eigenvalue weighted by atomic mass is 10.1. The molecule has 0 amide bonds. The third-order valence-corrected chi connectivity index (χ3v) is 1.61. The fourth-order valence-electron chi connectivity index (χ4n) is 1.00. The summed E-state index contributed by atoms with van der Waals surface area (Å²) in [5.74, 6) is 0. The molecular formula is C10H11F2N. The molecule has 0 bridgehead atoms. The van der Waals surface area contributed by atoms with Crippen LogP contribution in [0.15, 0.2) is 30.3 Å². The van der Waals surface area contributed by atoms with Crippen molar-refractivity contribution in [2.75, 3.05) is 6.54 Å². The van der Waals surface area contributed by atoms with Gasteiger partial charge in [-0.15, -0.1) is 0 Å². The molecule has 70 valence electrons. The Labute approximate surface area is 75.9 Å². The van der Waals surface area contributed by atoms with Crippen molar-refractivity contribution >= 4 is 6.08 Å². The molecule has 0 aliphatic carbocycles. The van der Waals surface area contributed by atoms with Crippen molar-refractivity contribution in [1.82, 2.24) is 0 Å². The molecule has 0 aliphatic heterocycles. The summed E-state index contributed by atoms with van der Waals surface area (Å²) < 4.78 is 24.4. The Balaban J connectivity index is 2.85. The van der Waals surface area contributed by atoms with E-state index in [2.05, 4.69) is 0 Å². The number of nitrogens with two attached hydrogens (primary N) is 1. The molecule has 0 spiro atoms. The lowest BCUT2D eigenvalue weighted by Gasteiger charge is -1.99. The predicted octanol–water partition coefficient (Wildman–Crippen LogP) is 2.60. The van der Waals surface area contributed by atoms with E-state index in [1.54, 1.807) is 24.3 Å². The van der Waals surface area contributed by atoms with Crippen LogP contribution >= 0.6 is 0 Å². The summed E-state index contributed by atoms with van der Waals surface area (Å²) in [6, 6.07) is 6.23. The maximum Gasteiger partial charge on any atom is 0.263 e. The fourth-order valence-corrected chi connectivity index (χ4v) is 1.00.